The Balaban J connectivity index is 2.16. The van der Waals surface area contributed by atoms with Crippen LogP contribution in [0.5, 0.6) is 0 Å². The molecule has 0 spiro atoms. The quantitative estimate of drug-likeness (QED) is 0.752. The second-order valence-corrected chi connectivity index (χ2v) is 5.15. The van der Waals surface area contributed by atoms with E-state index in [1.165, 1.54) is 23.5 Å². The second-order valence-electron chi connectivity index (χ2n) is 4.14. The van der Waals surface area contributed by atoms with Gasteiger partial charge in [-0.3, -0.25) is 14.4 Å². The number of thiazole rings is 1. The number of hydrogen-bond acceptors (Lipinski definition) is 3. The number of fused-ring (bicyclic) bond motifs is 1. The first-order valence-corrected chi connectivity index (χ1v) is 6.57. The summed E-state index contributed by atoms with van der Waals surface area (Å²) in [6.45, 7) is 1.53. The van der Waals surface area contributed by atoms with Crippen molar-refractivity contribution in [1.29, 1.82) is 0 Å². The summed E-state index contributed by atoms with van der Waals surface area (Å²) in [6.07, 6.45) is 2.70. The third kappa shape index (κ3) is 2.01. The Morgan fingerprint density at radius 3 is 2.83 bits per heavy atom. The number of benzene rings is 1. The van der Waals surface area contributed by atoms with E-state index in [1.54, 1.807) is 22.8 Å². The maximum Gasteiger partial charge on any atom is 0.270 e. The lowest BCUT2D eigenvalue weighted by Gasteiger charge is -2.03. The minimum Gasteiger partial charge on any atom is -0.284 e. The van der Waals surface area contributed by atoms with Crippen molar-refractivity contribution in [3.63, 3.8) is 0 Å². The fourth-order valence-corrected chi connectivity index (χ4v) is 2.97. The Hall–Kier alpha value is -1.75. The van der Waals surface area contributed by atoms with Gasteiger partial charge in [-0.15, -0.1) is 0 Å². The topological polar surface area (TPSA) is 34.4 Å². The average molecular weight is 262 g/mol. The molecule has 18 heavy (non-hydrogen) atoms. The molecule has 0 bridgehead atoms. The van der Waals surface area contributed by atoms with Gasteiger partial charge in [0.15, 0.2) is 4.80 Å². The number of halogens is 1. The summed E-state index contributed by atoms with van der Waals surface area (Å²) >= 11 is 1.40. The first-order chi connectivity index (χ1) is 8.74. The highest BCUT2D eigenvalue weighted by Gasteiger charge is 2.08. The van der Waals surface area contributed by atoms with Crippen molar-refractivity contribution in [2.24, 2.45) is 4.99 Å². The van der Waals surface area contributed by atoms with Gasteiger partial charge in [-0.1, -0.05) is 23.5 Å². The summed E-state index contributed by atoms with van der Waals surface area (Å²) in [7, 11) is 0. The fraction of sp³-hybridized carbons (Fsp3) is 0.231. The van der Waals surface area contributed by atoms with Crippen molar-refractivity contribution in [3.05, 3.63) is 55.3 Å². The summed E-state index contributed by atoms with van der Waals surface area (Å²) in [5.74, 6) is -0.274. The summed E-state index contributed by atoms with van der Waals surface area (Å²) in [5, 5.41) is 0. The van der Waals surface area contributed by atoms with Crippen LogP contribution in [0.1, 0.15) is 12.0 Å². The minimum absolute atomic E-state index is 0.00257. The normalized spacial score (nSPS) is 15.3. The predicted molar refractivity (Wildman–Crippen MR) is 68.8 cm³/mol. The van der Waals surface area contributed by atoms with Crippen molar-refractivity contribution < 1.29 is 4.39 Å². The standard InChI is InChI=1S/C13H11FN2OS/c14-10-4-2-9(3-5-10)8-11-12(17)16-7-1-6-15-13(16)18-11/h2-5,8H,1,6-7H2/b11-8-. The highest BCUT2D eigenvalue weighted by molar-refractivity contribution is 7.07. The van der Waals surface area contributed by atoms with Gasteiger partial charge in [0.05, 0.1) is 4.53 Å². The molecule has 1 aromatic carbocycles. The first kappa shape index (κ1) is 11.3. The molecule has 3 nitrogen and oxygen atoms in total. The van der Waals surface area contributed by atoms with Crippen molar-refractivity contribution >= 4 is 17.4 Å². The molecule has 0 unspecified atom stereocenters. The number of aromatic nitrogens is 1. The van der Waals surface area contributed by atoms with E-state index < -0.39 is 0 Å². The maximum atomic E-state index is 12.8. The van der Waals surface area contributed by atoms with Crippen LogP contribution in [0.4, 0.5) is 4.39 Å². The van der Waals surface area contributed by atoms with E-state index in [4.69, 9.17) is 0 Å². The van der Waals surface area contributed by atoms with E-state index in [0.29, 0.717) is 4.53 Å². The Morgan fingerprint density at radius 1 is 1.33 bits per heavy atom. The highest BCUT2D eigenvalue weighted by atomic mass is 32.1. The van der Waals surface area contributed by atoms with Gasteiger partial charge in [0, 0.05) is 13.1 Å². The van der Waals surface area contributed by atoms with E-state index >= 15 is 0 Å². The molecule has 5 heteroatoms. The Kier molecular flexibility index (Phi) is 2.83. The molecule has 92 valence electrons. The average Bonchev–Trinajstić information content (AvgIpc) is 2.70. The molecule has 0 aliphatic carbocycles. The molecule has 1 aromatic heterocycles. The molecule has 0 atom stereocenters. The van der Waals surface area contributed by atoms with Gasteiger partial charge in [0.25, 0.3) is 5.56 Å². The Morgan fingerprint density at radius 2 is 2.11 bits per heavy atom. The smallest absolute Gasteiger partial charge is 0.270 e. The number of hydrogen-bond donors (Lipinski definition) is 0. The number of nitrogens with zero attached hydrogens (tertiary/aromatic N) is 2. The van der Waals surface area contributed by atoms with Gasteiger partial charge in [-0.05, 0) is 30.2 Å². The lowest BCUT2D eigenvalue weighted by atomic mass is 10.2. The van der Waals surface area contributed by atoms with Crippen molar-refractivity contribution in [2.75, 3.05) is 6.54 Å². The largest absolute Gasteiger partial charge is 0.284 e. The van der Waals surface area contributed by atoms with Gasteiger partial charge in [-0.25, -0.2) is 4.39 Å². The molecule has 0 saturated carbocycles. The predicted octanol–water partition coefficient (Wildman–Crippen LogP) is 0.901. The van der Waals surface area contributed by atoms with Gasteiger partial charge >= 0.3 is 0 Å². The molecule has 0 N–H and O–H groups in total. The van der Waals surface area contributed by atoms with E-state index in [-0.39, 0.29) is 11.4 Å². The first-order valence-electron chi connectivity index (χ1n) is 5.75. The molecule has 0 radical (unpaired) electrons. The molecule has 2 heterocycles. The van der Waals surface area contributed by atoms with E-state index in [0.717, 1.165) is 29.9 Å². The summed E-state index contributed by atoms with van der Waals surface area (Å²) < 4.78 is 15.2. The SMILES string of the molecule is O=c1/c(=C/c2ccc(F)cc2)sc2n1CCCN=2. The van der Waals surface area contributed by atoms with E-state index in [9.17, 15) is 9.18 Å². The third-order valence-electron chi connectivity index (χ3n) is 2.84. The van der Waals surface area contributed by atoms with Crippen LogP contribution in [0.2, 0.25) is 0 Å². The van der Waals surface area contributed by atoms with Crippen LogP contribution in [0, 0.1) is 5.82 Å². The Bertz CT molecular complexity index is 743. The van der Waals surface area contributed by atoms with Gasteiger partial charge in [0.1, 0.15) is 5.82 Å². The van der Waals surface area contributed by atoms with Crippen LogP contribution in [0.25, 0.3) is 6.08 Å². The monoisotopic (exact) mass is 262 g/mol. The number of rotatable bonds is 1. The zero-order valence-electron chi connectivity index (χ0n) is 9.60. The minimum atomic E-state index is -0.274. The maximum absolute atomic E-state index is 12.8. The molecule has 1 aliphatic heterocycles. The third-order valence-corrected chi connectivity index (χ3v) is 3.89. The fourth-order valence-electron chi connectivity index (χ4n) is 1.94. The van der Waals surface area contributed by atoms with E-state index in [2.05, 4.69) is 4.99 Å². The lowest BCUT2D eigenvalue weighted by Crippen LogP contribution is -2.33. The van der Waals surface area contributed by atoms with Crippen LogP contribution in [0.15, 0.2) is 34.1 Å². The van der Waals surface area contributed by atoms with Gasteiger partial charge in [-0.2, -0.15) is 0 Å². The highest BCUT2D eigenvalue weighted by Crippen LogP contribution is 2.03. The molecule has 0 fully saturated rings. The van der Waals surface area contributed by atoms with E-state index in [1.807, 2.05) is 0 Å². The molecule has 1 aliphatic rings. The zero-order valence-corrected chi connectivity index (χ0v) is 10.4. The molecule has 3 rings (SSSR count). The molecule has 2 aromatic rings. The second kappa shape index (κ2) is 4.49. The summed E-state index contributed by atoms with van der Waals surface area (Å²) in [5.41, 5.74) is 0.829. The van der Waals surface area contributed by atoms with Crippen LogP contribution < -0.4 is 14.9 Å². The van der Waals surface area contributed by atoms with Crippen molar-refractivity contribution in [1.82, 2.24) is 4.57 Å². The Labute approximate surface area is 107 Å². The van der Waals surface area contributed by atoms with Crippen LogP contribution in [-0.2, 0) is 6.54 Å². The molecular weight excluding hydrogens is 251 g/mol. The van der Waals surface area contributed by atoms with Gasteiger partial charge in [0.2, 0.25) is 0 Å². The lowest BCUT2D eigenvalue weighted by molar-refractivity contribution is 0.573. The summed E-state index contributed by atoms with van der Waals surface area (Å²) in [4.78, 5) is 17.2. The van der Waals surface area contributed by atoms with Crippen LogP contribution in [-0.4, -0.2) is 11.1 Å². The zero-order chi connectivity index (χ0) is 12.5. The molecule has 0 saturated heterocycles. The summed E-state index contributed by atoms with van der Waals surface area (Å²) in [6, 6.07) is 6.10. The van der Waals surface area contributed by atoms with Crippen molar-refractivity contribution in [3.8, 4) is 0 Å². The van der Waals surface area contributed by atoms with Crippen LogP contribution in [0.3, 0.4) is 0 Å². The molecule has 0 amide bonds. The molecular formula is C13H11FN2OS. The van der Waals surface area contributed by atoms with Crippen molar-refractivity contribution in [2.45, 2.75) is 13.0 Å². The van der Waals surface area contributed by atoms with Crippen LogP contribution >= 0.6 is 11.3 Å². The van der Waals surface area contributed by atoms with Gasteiger partial charge < -0.3 is 0 Å².